The van der Waals surface area contributed by atoms with Gasteiger partial charge in [-0.15, -0.1) is 0 Å². The average Bonchev–Trinajstić information content (AvgIpc) is 2.76. The molecule has 1 aliphatic rings. The van der Waals surface area contributed by atoms with Crippen LogP contribution < -0.4 is 9.47 Å². The molecule has 0 saturated heterocycles. The highest BCUT2D eigenvalue weighted by Crippen LogP contribution is 2.37. The lowest BCUT2D eigenvalue weighted by Gasteiger charge is -2.19. The second-order valence-corrected chi connectivity index (χ2v) is 6.57. The molecule has 29 heavy (non-hydrogen) atoms. The lowest BCUT2D eigenvalue weighted by atomic mass is 9.89. The van der Waals surface area contributed by atoms with Gasteiger partial charge in [-0.25, -0.2) is 8.78 Å². The fourth-order valence-corrected chi connectivity index (χ4v) is 3.29. The van der Waals surface area contributed by atoms with Crippen molar-refractivity contribution in [3.8, 4) is 22.6 Å². The van der Waals surface area contributed by atoms with Crippen LogP contribution in [0, 0.1) is 18.1 Å². The Morgan fingerprint density at radius 1 is 0.793 bits per heavy atom. The highest BCUT2D eigenvalue weighted by Gasteiger charge is 2.18. The number of benzene rings is 3. The van der Waals surface area contributed by atoms with Crippen molar-refractivity contribution in [2.24, 2.45) is 0 Å². The van der Waals surface area contributed by atoms with Crippen molar-refractivity contribution in [2.75, 3.05) is 7.11 Å². The summed E-state index contributed by atoms with van der Waals surface area (Å²) in [6.07, 6.45) is 6.58. The third-order valence-electron chi connectivity index (χ3n) is 4.71. The normalized spacial score (nSPS) is 13.5. The number of hydrogen-bond donors (Lipinski definition) is 0. The molecule has 145 valence electrons. The van der Waals surface area contributed by atoms with Crippen LogP contribution in [0.25, 0.3) is 16.7 Å². The van der Waals surface area contributed by atoms with Crippen molar-refractivity contribution in [1.29, 1.82) is 0 Å². The van der Waals surface area contributed by atoms with Gasteiger partial charge in [0, 0.05) is 5.56 Å². The molecule has 2 nitrogen and oxygen atoms in total. The van der Waals surface area contributed by atoms with Gasteiger partial charge in [-0.3, -0.25) is 0 Å². The smallest absolute Gasteiger partial charge is 0.166 e. The second kappa shape index (κ2) is 8.31. The minimum Gasteiger partial charge on any atom is -0.497 e. The van der Waals surface area contributed by atoms with Crippen molar-refractivity contribution in [1.82, 2.24) is 0 Å². The van der Waals surface area contributed by atoms with Crippen LogP contribution in [0.2, 0.25) is 0 Å². The van der Waals surface area contributed by atoms with Crippen LogP contribution in [0.1, 0.15) is 12.0 Å². The van der Waals surface area contributed by atoms with E-state index in [4.69, 9.17) is 9.47 Å². The van der Waals surface area contributed by atoms with Crippen LogP contribution in [-0.2, 0) is 0 Å². The first-order valence-electron chi connectivity index (χ1n) is 9.26. The Morgan fingerprint density at radius 3 is 2.41 bits per heavy atom. The molecule has 0 N–H and O–H groups in total. The van der Waals surface area contributed by atoms with E-state index in [1.807, 2.05) is 55.0 Å². The third kappa shape index (κ3) is 4.06. The molecule has 4 heteroatoms. The summed E-state index contributed by atoms with van der Waals surface area (Å²) in [7, 11) is 1.54. The fourth-order valence-electron chi connectivity index (χ4n) is 3.29. The molecular formula is C25H19F2O2. The minimum atomic E-state index is -0.883. The quantitative estimate of drug-likeness (QED) is 0.490. The van der Waals surface area contributed by atoms with Gasteiger partial charge in [0.25, 0.3) is 0 Å². The fraction of sp³-hybridized carbons (Fsp3) is 0.0800. The maximum absolute atomic E-state index is 14.6. The van der Waals surface area contributed by atoms with Gasteiger partial charge in [0.05, 0.1) is 7.11 Å². The van der Waals surface area contributed by atoms with Gasteiger partial charge in [0.2, 0.25) is 0 Å². The molecule has 3 aromatic carbocycles. The number of para-hydroxylation sites is 1. The number of methoxy groups -OCH3 is 1. The molecule has 0 bridgehead atoms. The predicted molar refractivity (Wildman–Crippen MR) is 110 cm³/mol. The minimum absolute atomic E-state index is 0.188. The first-order chi connectivity index (χ1) is 14.2. The van der Waals surface area contributed by atoms with Gasteiger partial charge in [-0.2, -0.15) is 0 Å². The van der Waals surface area contributed by atoms with Gasteiger partial charge in [-0.1, -0.05) is 36.4 Å². The van der Waals surface area contributed by atoms with E-state index in [-0.39, 0.29) is 5.56 Å². The van der Waals surface area contributed by atoms with E-state index < -0.39 is 11.6 Å². The Hall–Kier alpha value is -3.40. The molecule has 1 aliphatic carbocycles. The van der Waals surface area contributed by atoms with Crippen LogP contribution in [0.4, 0.5) is 8.78 Å². The molecule has 0 spiro atoms. The summed E-state index contributed by atoms with van der Waals surface area (Å²) in [4.78, 5) is 0. The molecule has 4 rings (SSSR count). The molecule has 0 amide bonds. The summed E-state index contributed by atoms with van der Waals surface area (Å²) < 4.78 is 39.7. The zero-order valence-corrected chi connectivity index (χ0v) is 15.9. The van der Waals surface area contributed by atoms with Crippen LogP contribution in [-0.4, -0.2) is 7.11 Å². The van der Waals surface area contributed by atoms with E-state index in [2.05, 4.69) is 0 Å². The third-order valence-corrected chi connectivity index (χ3v) is 4.71. The van der Waals surface area contributed by atoms with Gasteiger partial charge in [-0.05, 0) is 72.0 Å². The summed E-state index contributed by atoms with van der Waals surface area (Å²) in [5.41, 5.74) is 2.40. The van der Waals surface area contributed by atoms with Gasteiger partial charge in [0.1, 0.15) is 17.3 Å². The molecule has 0 aliphatic heterocycles. The zero-order valence-electron chi connectivity index (χ0n) is 15.9. The first kappa shape index (κ1) is 18.9. The lowest BCUT2D eigenvalue weighted by Crippen LogP contribution is -2.02. The zero-order chi connectivity index (χ0) is 20.2. The van der Waals surface area contributed by atoms with Crippen LogP contribution in [0.5, 0.6) is 11.5 Å². The molecule has 0 unspecified atom stereocenters. The number of rotatable bonds is 5. The van der Waals surface area contributed by atoms with Crippen LogP contribution in [0.3, 0.4) is 0 Å². The van der Waals surface area contributed by atoms with Gasteiger partial charge >= 0.3 is 0 Å². The highest BCUT2D eigenvalue weighted by molar-refractivity contribution is 5.87. The van der Waals surface area contributed by atoms with E-state index in [0.717, 1.165) is 23.0 Å². The molecule has 0 atom stereocenters. The molecule has 1 radical (unpaired) electrons. The Balaban J connectivity index is 1.76. The molecule has 0 fully saturated rings. The second-order valence-electron chi connectivity index (χ2n) is 6.57. The number of hydrogen-bond acceptors (Lipinski definition) is 2. The largest absolute Gasteiger partial charge is 0.497 e. The standard InChI is InChI=1S/C25H19F2O2/c1-28-19-13-14-21(23(16-19)22-11-6-12-24(26)25(22)27)17-7-5-10-20(15-17)29-18-8-3-2-4-9-18/h2-4,6-16H,5H2,1H3. The topological polar surface area (TPSA) is 18.5 Å². The Bertz CT molecular complexity index is 1090. The average molecular weight is 389 g/mol. The molecule has 3 aromatic rings. The van der Waals surface area contributed by atoms with E-state index in [0.29, 0.717) is 23.5 Å². The highest BCUT2D eigenvalue weighted by atomic mass is 19.2. The number of halogens is 2. The Labute approximate surface area is 168 Å². The Morgan fingerprint density at radius 2 is 1.62 bits per heavy atom. The van der Waals surface area contributed by atoms with Crippen LogP contribution >= 0.6 is 0 Å². The van der Waals surface area contributed by atoms with Crippen molar-refractivity contribution in [2.45, 2.75) is 6.42 Å². The summed E-state index contributed by atoms with van der Waals surface area (Å²) in [6, 6.07) is 19.1. The van der Waals surface area contributed by atoms with E-state index in [9.17, 15) is 8.78 Å². The number of ether oxygens (including phenoxy) is 2. The van der Waals surface area contributed by atoms with Crippen LogP contribution in [0.15, 0.2) is 84.6 Å². The summed E-state index contributed by atoms with van der Waals surface area (Å²) in [5.74, 6) is 0.248. The SMILES string of the molecule is COc1ccc(C2=CC(Oc3ccccc3)=CC[CH]2)c(-c2cccc(F)c2F)c1. The van der Waals surface area contributed by atoms with Crippen molar-refractivity contribution in [3.05, 3.63) is 108 Å². The lowest BCUT2D eigenvalue weighted by molar-refractivity contribution is 0.415. The number of allylic oxidation sites excluding steroid dienone is 3. The van der Waals surface area contributed by atoms with E-state index >= 15 is 0 Å². The Kier molecular flexibility index (Phi) is 5.43. The maximum atomic E-state index is 14.6. The van der Waals surface area contributed by atoms with E-state index in [1.165, 1.54) is 6.07 Å². The first-order valence-corrected chi connectivity index (χ1v) is 9.26. The van der Waals surface area contributed by atoms with Gasteiger partial charge in [0.15, 0.2) is 11.6 Å². The summed E-state index contributed by atoms with van der Waals surface area (Å²) in [6.45, 7) is 0. The van der Waals surface area contributed by atoms with E-state index in [1.54, 1.807) is 25.3 Å². The maximum Gasteiger partial charge on any atom is 0.166 e. The predicted octanol–water partition coefficient (Wildman–Crippen LogP) is 6.59. The summed E-state index contributed by atoms with van der Waals surface area (Å²) in [5, 5.41) is 0. The summed E-state index contributed by atoms with van der Waals surface area (Å²) >= 11 is 0. The monoisotopic (exact) mass is 389 g/mol. The molecular weight excluding hydrogens is 370 g/mol. The van der Waals surface area contributed by atoms with Gasteiger partial charge < -0.3 is 9.47 Å². The van der Waals surface area contributed by atoms with Crippen molar-refractivity contribution < 1.29 is 18.3 Å². The molecule has 0 aromatic heterocycles. The van der Waals surface area contributed by atoms with Crippen molar-refractivity contribution in [3.63, 3.8) is 0 Å². The molecule has 0 saturated carbocycles. The molecule has 0 heterocycles. The van der Waals surface area contributed by atoms with Crippen molar-refractivity contribution >= 4 is 5.57 Å².